The van der Waals surface area contributed by atoms with Gasteiger partial charge in [0.1, 0.15) is 0 Å². The average Bonchev–Trinajstić information content (AvgIpc) is 2.33. The number of anilines is 1. The zero-order chi connectivity index (χ0) is 12.3. The van der Waals surface area contributed by atoms with Crippen molar-refractivity contribution in [2.75, 3.05) is 5.32 Å². The number of hydrogen-bond acceptors (Lipinski definition) is 4. The van der Waals surface area contributed by atoms with Crippen LogP contribution in [0.5, 0.6) is 0 Å². The first kappa shape index (κ1) is 12.0. The van der Waals surface area contributed by atoms with Gasteiger partial charge in [0.15, 0.2) is 0 Å². The van der Waals surface area contributed by atoms with Crippen LogP contribution in [0.1, 0.15) is 17.0 Å². The number of aryl methyl sites for hydroxylation is 2. The van der Waals surface area contributed by atoms with Crippen molar-refractivity contribution in [1.29, 1.82) is 0 Å². The van der Waals surface area contributed by atoms with Crippen LogP contribution in [0.2, 0.25) is 0 Å². The van der Waals surface area contributed by atoms with Gasteiger partial charge in [0, 0.05) is 11.0 Å². The minimum Gasteiger partial charge on any atom is -0.349 e. The van der Waals surface area contributed by atoms with Gasteiger partial charge in [-0.2, -0.15) is 5.10 Å². The molecular formula is C12H13BrN4. The summed E-state index contributed by atoms with van der Waals surface area (Å²) in [7, 11) is 0. The van der Waals surface area contributed by atoms with Gasteiger partial charge >= 0.3 is 0 Å². The molecule has 0 bridgehead atoms. The molecule has 1 aromatic heterocycles. The van der Waals surface area contributed by atoms with Crippen LogP contribution < -0.4 is 5.32 Å². The van der Waals surface area contributed by atoms with Gasteiger partial charge in [-0.25, -0.2) is 4.98 Å². The van der Waals surface area contributed by atoms with Crippen molar-refractivity contribution in [3.63, 3.8) is 0 Å². The molecule has 0 saturated heterocycles. The number of rotatable bonds is 3. The second-order valence-electron chi connectivity index (χ2n) is 3.79. The van der Waals surface area contributed by atoms with Crippen LogP contribution in [0.15, 0.2) is 28.7 Å². The predicted molar refractivity (Wildman–Crippen MR) is 70.8 cm³/mol. The van der Waals surface area contributed by atoms with Crippen LogP contribution in [0.3, 0.4) is 0 Å². The molecule has 0 saturated carbocycles. The van der Waals surface area contributed by atoms with Crippen LogP contribution in [-0.2, 0) is 6.54 Å². The first-order chi connectivity index (χ1) is 8.15. The maximum absolute atomic E-state index is 4.31. The molecule has 0 aliphatic carbocycles. The minimum absolute atomic E-state index is 0.566. The number of nitrogens with zero attached hydrogens (tertiary/aromatic N) is 3. The third-order valence-corrected chi connectivity index (χ3v) is 2.98. The molecular weight excluding hydrogens is 280 g/mol. The average molecular weight is 293 g/mol. The number of nitrogens with one attached hydrogen (secondary N) is 1. The van der Waals surface area contributed by atoms with E-state index in [2.05, 4.69) is 36.4 Å². The molecule has 88 valence electrons. The molecule has 0 unspecified atom stereocenters. The molecule has 0 amide bonds. The molecule has 0 spiro atoms. The number of aromatic nitrogens is 3. The first-order valence-corrected chi connectivity index (χ1v) is 6.10. The van der Waals surface area contributed by atoms with Gasteiger partial charge in [-0.1, -0.05) is 28.1 Å². The van der Waals surface area contributed by atoms with E-state index in [0.717, 1.165) is 15.9 Å². The fourth-order valence-corrected chi connectivity index (χ4v) is 1.58. The fourth-order valence-electron chi connectivity index (χ4n) is 1.32. The van der Waals surface area contributed by atoms with E-state index < -0.39 is 0 Å². The molecule has 0 radical (unpaired) electrons. The van der Waals surface area contributed by atoms with Gasteiger partial charge < -0.3 is 5.32 Å². The molecule has 1 aromatic carbocycles. The standard InChI is InChI=1S/C12H13BrN4/c1-8-9(2)16-17-12(15-8)14-7-10-3-5-11(13)6-4-10/h3-6H,7H2,1-2H3,(H,14,15,17). The number of halogens is 1. The van der Waals surface area contributed by atoms with Gasteiger partial charge in [0.25, 0.3) is 0 Å². The van der Waals surface area contributed by atoms with Crippen molar-refractivity contribution < 1.29 is 0 Å². The molecule has 4 nitrogen and oxygen atoms in total. The summed E-state index contributed by atoms with van der Waals surface area (Å²) in [5.74, 6) is 0.566. The van der Waals surface area contributed by atoms with Crippen molar-refractivity contribution >= 4 is 21.9 Å². The lowest BCUT2D eigenvalue weighted by Crippen LogP contribution is -2.06. The van der Waals surface area contributed by atoms with E-state index >= 15 is 0 Å². The maximum Gasteiger partial charge on any atom is 0.243 e. The summed E-state index contributed by atoms with van der Waals surface area (Å²) < 4.78 is 1.07. The highest BCUT2D eigenvalue weighted by Gasteiger charge is 2.00. The van der Waals surface area contributed by atoms with E-state index in [9.17, 15) is 0 Å². The highest BCUT2D eigenvalue weighted by molar-refractivity contribution is 9.10. The maximum atomic E-state index is 4.31. The second-order valence-corrected chi connectivity index (χ2v) is 4.70. The molecule has 0 aliphatic rings. The predicted octanol–water partition coefficient (Wildman–Crippen LogP) is 2.86. The number of hydrogen-bond donors (Lipinski definition) is 1. The Morgan fingerprint density at radius 3 is 2.41 bits per heavy atom. The smallest absolute Gasteiger partial charge is 0.243 e. The lowest BCUT2D eigenvalue weighted by Gasteiger charge is -2.05. The summed E-state index contributed by atoms with van der Waals surface area (Å²) in [6, 6.07) is 8.12. The highest BCUT2D eigenvalue weighted by atomic mass is 79.9. The third kappa shape index (κ3) is 3.23. The third-order valence-electron chi connectivity index (χ3n) is 2.46. The van der Waals surface area contributed by atoms with E-state index in [1.54, 1.807) is 0 Å². The summed E-state index contributed by atoms with van der Waals surface area (Å²) in [6.45, 7) is 4.51. The van der Waals surface area contributed by atoms with E-state index in [-0.39, 0.29) is 0 Å². The fraction of sp³-hybridized carbons (Fsp3) is 0.250. The quantitative estimate of drug-likeness (QED) is 0.945. The van der Waals surface area contributed by atoms with Gasteiger partial charge in [-0.3, -0.25) is 0 Å². The van der Waals surface area contributed by atoms with E-state index in [0.29, 0.717) is 12.5 Å². The normalized spacial score (nSPS) is 10.3. The van der Waals surface area contributed by atoms with Gasteiger partial charge in [0.2, 0.25) is 5.95 Å². The monoisotopic (exact) mass is 292 g/mol. The van der Waals surface area contributed by atoms with Gasteiger partial charge in [-0.05, 0) is 31.5 Å². The Balaban J connectivity index is 2.02. The number of benzene rings is 1. The largest absolute Gasteiger partial charge is 0.349 e. The molecule has 0 atom stereocenters. The molecule has 1 heterocycles. The summed E-state index contributed by atoms with van der Waals surface area (Å²) in [4.78, 5) is 4.31. The Bertz CT molecular complexity index is 510. The van der Waals surface area contributed by atoms with Crippen molar-refractivity contribution in [1.82, 2.24) is 15.2 Å². The Hall–Kier alpha value is -1.49. The van der Waals surface area contributed by atoms with Crippen LogP contribution >= 0.6 is 15.9 Å². The Kier molecular flexibility index (Phi) is 3.68. The SMILES string of the molecule is Cc1nnc(NCc2ccc(Br)cc2)nc1C. The van der Waals surface area contributed by atoms with E-state index in [4.69, 9.17) is 0 Å². The lowest BCUT2D eigenvalue weighted by molar-refractivity contribution is 0.885. The van der Waals surface area contributed by atoms with Gasteiger partial charge in [0.05, 0.1) is 11.4 Å². The van der Waals surface area contributed by atoms with E-state index in [1.807, 2.05) is 38.1 Å². The first-order valence-electron chi connectivity index (χ1n) is 5.31. The molecule has 2 aromatic rings. The lowest BCUT2D eigenvalue weighted by atomic mass is 10.2. The molecule has 17 heavy (non-hydrogen) atoms. The summed E-state index contributed by atoms with van der Waals surface area (Å²) in [5.41, 5.74) is 2.94. The molecule has 5 heteroatoms. The van der Waals surface area contributed by atoms with Crippen LogP contribution in [0.25, 0.3) is 0 Å². The zero-order valence-corrected chi connectivity index (χ0v) is 11.3. The summed E-state index contributed by atoms with van der Waals surface area (Å²) >= 11 is 3.40. The topological polar surface area (TPSA) is 50.7 Å². The minimum atomic E-state index is 0.566. The van der Waals surface area contributed by atoms with Crippen molar-refractivity contribution in [3.05, 3.63) is 45.7 Å². The molecule has 0 aliphatic heterocycles. The zero-order valence-electron chi connectivity index (χ0n) is 9.74. The summed E-state index contributed by atoms with van der Waals surface area (Å²) in [6.07, 6.45) is 0. The van der Waals surface area contributed by atoms with Crippen molar-refractivity contribution in [3.8, 4) is 0 Å². The molecule has 1 N–H and O–H groups in total. The van der Waals surface area contributed by atoms with Crippen LogP contribution in [-0.4, -0.2) is 15.2 Å². The van der Waals surface area contributed by atoms with E-state index in [1.165, 1.54) is 5.56 Å². The second kappa shape index (κ2) is 5.23. The van der Waals surface area contributed by atoms with Crippen molar-refractivity contribution in [2.45, 2.75) is 20.4 Å². The molecule has 0 fully saturated rings. The highest BCUT2D eigenvalue weighted by Crippen LogP contribution is 2.11. The Labute approximate surface area is 109 Å². The van der Waals surface area contributed by atoms with Crippen molar-refractivity contribution in [2.24, 2.45) is 0 Å². The van der Waals surface area contributed by atoms with Gasteiger partial charge in [-0.15, -0.1) is 5.10 Å². The molecule has 2 rings (SSSR count). The van der Waals surface area contributed by atoms with Crippen LogP contribution in [0, 0.1) is 13.8 Å². The Morgan fingerprint density at radius 1 is 1.06 bits per heavy atom. The summed E-state index contributed by atoms with van der Waals surface area (Å²) in [5, 5.41) is 11.2. The Morgan fingerprint density at radius 2 is 1.76 bits per heavy atom. The van der Waals surface area contributed by atoms with Crippen LogP contribution in [0.4, 0.5) is 5.95 Å².